The number of phosphoric acid groups is 6. The van der Waals surface area contributed by atoms with Gasteiger partial charge in [-0.25, -0.2) is 89.4 Å². The van der Waals surface area contributed by atoms with Crippen molar-refractivity contribution >= 4 is 158 Å². The molecule has 72 heteroatoms. The molecule has 15 N–H and O–H groups in total. The molecule has 0 radical (unpaired) electrons. The van der Waals surface area contributed by atoms with Crippen LogP contribution in [0.2, 0.25) is 0 Å². The molecule has 0 spiro atoms. The first-order valence-electron chi connectivity index (χ1n) is 30.0. The maximum atomic E-state index is 14.9. The Labute approximate surface area is 681 Å². The summed E-state index contributed by atoms with van der Waals surface area (Å²) in [4.78, 5) is 144. The number of nitrogens with two attached hydrogens (primary N) is 1. The van der Waals surface area contributed by atoms with E-state index in [0.717, 1.165) is 23.0 Å². The number of aliphatic hydroxyl groups is 4. The van der Waals surface area contributed by atoms with Crippen molar-refractivity contribution in [2.75, 3.05) is 71.4 Å². The van der Waals surface area contributed by atoms with Gasteiger partial charge in [0.2, 0.25) is 0 Å². The molecular weight excluding hydrogens is 1890 g/mol. The second-order valence-electron chi connectivity index (χ2n) is 22.6. The van der Waals surface area contributed by atoms with Crippen LogP contribution in [-0.4, -0.2) is 289 Å². The summed E-state index contributed by atoms with van der Waals surface area (Å²) in [6.45, 7) is -3.16. The third kappa shape index (κ3) is 30.5. The smallest absolute Gasteiger partial charge is 0.393 e. The first-order chi connectivity index (χ1) is 53.6. The van der Waals surface area contributed by atoms with E-state index in [1.165, 1.54) is 95.0 Å². The summed E-state index contributed by atoms with van der Waals surface area (Å²) in [6.07, 6.45) is -0.737. The summed E-state index contributed by atoms with van der Waals surface area (Å²) in [5, 5.41) is 54.2. The lowest BCUT2D eigenvalue weighted by Gasteiger charge is -2.29. The molecule has 3 saturated heterocycles. The quantitative estimate of drug-likeness (QED) is 0.0144. The van der Waals surface area contributed by atoms with Crippen LogP contribution in [0.3, 0.4) is 0 Å². The zero-order valence-corrected chi connectivity index (χ0v) is 69.8. The Bertz CT molecular complexity index is 4880. The van der Waals surface area contributed by atoms with Crippen molar-refractivity contribution in [1.82, 2.24) is 97.2 Å². The summed E-state index contributed by atoms with van der Waals surface area (Å²) < 4.78 is 179. The minimum Gasteiger partial charge on any atom is -0.393 e. The van der Waals surface area contributed by atoms with Crippen LogP contribution in [0.4, 0.5) is 30.6 Å². The molecule has 3 aliphatic heterocycles. The Morgan fingerprint density at radius 1 is 0.538 bits per heavy atom. The third-order valence-corrected chi connectivity index (χ3v) is 24.8. The standard InChI is InChI=1S/C13H21ClFN4O13P3.C13H18ClFN4O4.C10H16ClFN3O13P3.C6H6N9OP.C2H3N3.CH4.Cl3OP/c1-18(2)7-16-8-3-4-19(12(21)17-8)11-9(15)10(20)13(5-14,30-11)6-29-34(25,26)32-35(27,28)31-33(22,23)24;1-18(2)7-16-8-3-4-19(12(22)17-8)11-9(15)10(21)13(5-14,6-20)23-11;11-3-10(4-25-30(21,22)28-31(23,24)27-29(18,19)20)7(16)6(12)8(26-10)15-2-1-5(13)14-9(15)17;16-17(13-4-7-1-10-13,14-5-8-2-11-14)15-6-9-3-12-15;1-3-2-5-4-1;;1-5(2,3)4/h3-4,7,9-11,20H,5-6H2,1-2H3,(H,25,26)(H,27,28)(H2,22,23,24);3-4,7,9-11,20-21H,5-6H2,1-2H3;1-2,6-8,16H,3-4H2,(H,21,22)(H,23,24)(H2,13,14,17)(H2,18,19,20);1-6H;1-2H,(H,3,4,5);1H4;. The number of ether oxygens (including phenoxy) is 3. The number of aromatic amines is 1. The van der Waals surface area contributed by atoms with Crippen LogP contribution >= 0.6 is 128 Å². The average molecular weight is 1960 g/mol. The second kappa shape index (κ2) is 43.5. The van der Waals surface area contributed by atoms with Gasteiger partial charge in [-0.05, 0) is 51.9 Å². The highest BCUT2D eigenvalue weighted by molar-refractivity contribution is 8.24. The minimum absolute atomic E-state index is 0. The molecule has 10 heterocycles. The first kappa shape index (κ1) is 104. The molecule has 7 aromatic heterocycles. The molecule has 0 amide bonds. The Morgan fingerprint density at radius 3 is 1.11 bits per heavy atom. The predicted molar refractivity (Wildman–Crippen MR) is 396 cm³/mol. The van der Waals surface area contributed by atoms with Crippen molar-refractivity contribution in [3.05, 3.63) is 119 Å². The Kier molecular flexibility index (Phi) is 38.6. The molecular formula is C45H68Cl6F3N23O32P8. The van der Waals surface area contributed by atoms with E-state index in [2.05, 4.69) is 130 Å². The number of halogens is 9. The van der Waals surface area contributed by atoms with Gasteiger partial charge in [0, 0.05) is 46.8 Å². The van der Waals surface area contributed by atoms with Gasteiger partial charge < -0.3 is 89.3 Å². The topological polar surface area (TPSA) is 758 Å². The summed E-state index contributed by atoms with van der Waals surface area (Å²) in [5.41, 5.74) is -3.78. The lowest BCUT2D eigenvalue weighted by molar-refractivity contribution is -0.115. The number of aliphatic imine (C=N–C) groups is 2. The van der Waals surface area contributed by atoms with E-state index >= 15 is 0 Å². The van der Waals surface area contributed by atoms with Crippen molar-refractivity contribution in [3.63, 3.8) is 0 Å². The predicted octanol–water partition coefficient (Wildman–Crippen LogP) is 1.82. The molecule has 0 bridgehead atoms. The normalized spacial score (nSPS) is 25.3. The van der Waals surface area contributed by atoms with Crippen molar-refractivity contribution in [1.29, 1.82) is 0 Å². The van der Waals surface area contributed by atoms with Crippen LogP contribution in [0.15, 0.2) is 112 Å². The number of H-pyrrole nitrogens is 1. The van der Waals surface area contributed by atoms with Crippen molar-refractivity contribution in [2.45, 2.75) is 79.7 Å². The number of phosphoric ester groups is 2. The number of hydrogen-bond acceptors (Lipinski definition) is 38. The van der Waals surface area contributed by atoms with Gasteiger partial charge in [0.1, 0.15) is 91.6 Å². The number of aliphatic hydroxyl groups excluding tert-OH is 4. The van der Waals surface area contributed by atoms with Crippen LogP contribution in [-0.2, 0) is 77.0 Å². The third-order valence-electron chi connectivity index (χ3n) is 13.6. The van der Waals surface area contributed by atoms with Gasteiger partial charge in [-0.1, -0.05) is 7.43 Å². The van der Waals surface area contributed by atoms with Gasteiger partial charge >= 0.3 is 76.8 Å². The van der Waals surface area contributed by atoms with Crippen LogP contribution < -0.4 is 22.8 Å². The van der Waals surface area contributed by atoms with Crippen LogP contribution in [0, 0.1) is 0 Å². The SMILES string of the molecule is C.CN(C)C=Nc1ccn(C2OC(CCl)(COP(=O)(O)OP(=O)(O)OP(=O)(O)O)C(O)C2F)c(=O)n1.CN(C)C=Nc1ccn(C2OC(CO)(CCl)C(O)C2F)c(=O)n1.Nc1ccn(C2OC(CCl)(COP(=O)(O)OP(=O)(O)OP(=O)(O)O)C(O)C2F)c(=O)n1.O=P(Cl)(Cl)Cl.O=P(n1cncn1)(n1cncn1)n1cncn1.c1nc[nH]n1. The van der Waals surface area contributed by atoms with E-state index in [1.54, 1.807) is 38.0 Å². The fourth-order valence-corrected chi connectivity index (χ4v) is 17.4. The van der Waals surface area contributed by atoms with Gasteiger partial charge in [0.15, 0.2) is 48.8 Å². The lowest BCUT2D eigenvalue weighted by atomic mass is 9.99. The van der Waals surface area contributed by atoms with E-state index < -0.39 is 181 Å². The number of nitrogens with zero attached hydrogens (tertiary/aromatic N) is 21. The van der Waals surface area contributed by atoms with Gasteiger partial charge in [-0.15, -0.1) is 34.8 Å². The molecule has 117 heavy (non-hydrogen) atoms. The second-order valence-corrected chi connectivity index (χ2v) is 41.1. The largest absolute Gasteiger partial charge is 0.490 e. The molecule has 55 nitrogen and oxygen atoms in total. The number of hydrogen-bond donors (Lipinski definition) is 14. The fraction of sp³-hybridized carbons (Fsp3) is 0.511. The van der Waals surface area contributed by atoms with E-state index in [4.69, 9.17) is 79.2 Å². The number of anilines is 1. The number of aromatic nitrogens is 18. The summed E-state index contributed by atoms with van der Waals surface area (Å²) in [6, 6.07) is 3.76. The van der Waals surface area contributed by atoms with E-state index in [9.17, 15) is 99.2 Å². The maximum Gasteiger partial charge on any atom is 0.490 e. The lowest BCUT2D eigenvalue weighted by Crippen LogP contribution is -2.47. The molecule has 7 aromatic rings. The van der Waals surface area contributed by atoms with Gasteiger partial charge in [0.25, 0.3) is 0 Å². The zero-order valence-electron chi connectivity index (χ0n) is 58.2. The van der Waals surface area contributed by atoms with Gasteiger partial charge in [-0.3, -0.25) is 32.4 Å². The van der Waals surface area contributed by atoms with E-state index in [0.29, 0.717) is 9.13 Å². The molecule has 3 fully saturated rings. The molecule has 0 saturated carbocycles. The molecule has 0 aliphatic carbocycles. The first-order valence-corrected chi connectivity index (χ1v) is 46.6. The number of nitrogen functional groups attached to an aromatic ring is 1. The highest BCUT2D eigenvalue weighted by Crippen LogP contribution is 2.68. The molecule has 658 valence electrons. The fourth-order valence-electron chi connectivity index (χ4n) is 8.67. The van der Waals surface area contributed by atoms with E-state index in [1.807, 2.05) is 0 Å². The highest BCUT2D eigenvalue weighted by atomic mass is 36.0. The molecule has 16 atom stereocenters. The van der Waals surface area contributed by atoms with Crippen LogP contribution in [0.25, 0.3) is 0 Å². The number of nitrogens with one attached hydrogen (secondary N) is 1. The molecule has 0 aromatic carbocycles. The molecule has 16 unspecified atom stereocenters. The Balaban J connectivity index is 0.000000321. The molecule has 3 aliphatic rings. The highest BCUT2D eigenvalue weighted by Gasteiger charge is 2.60. The Hall–Kier alpha value is -5.53. The minimum atomic E-state index is -5.82. The van der Waals surface area contributed by atoms with Gasteiger partial charge in [-0.2, -0.15) is 65.9 Å². The van der Waals surface area contributed by atoms with Crippen molar-refractivity contribution < 1.29 is 150 Å². The average Bonchev–Trinajstić information content (AvgIpc) is 1.64. The van der Waals surface area contributed by atoms with E-state index in [-0.39, 0.29) is 30.8 Å². The van der Waals surface area contributed by atoms with Crippen molar-refractivity contribution in [3.8, 4) is 0 Å². The summed E-state index contributed by atoms with van der Waals surface area (Å²) >= 11 is 31.0. The number of rotatable bonds is 28. The molecule has 10 rings (SSSR count). The summed E-state index contributed by atoms with van der Waals surface area (Å²) in [7, 11) is -30.7. The monoisotopic (exact) mass is 1960 g/mol. The van der Waals surface area contributed by atoms with Crippen molar-refractivity contribution in [2.24, 2.45) is 9.98 Å². The zero-order chi connectivity index (χ0) is 87.6. The van der Waals surface area contributed by atoms with Crippen LogP contribution in [0.5, 0.6) is 0 Å². The summed E-state index contributed by atoms with van der Waals surface area (Å²) in [5.74, 6) is -1.95. The van der Waals surface area contributed by atoms with Crippen LogP contribution in [0.1, 0.15) is 26.1 Å². The maximum absolute atomic E-state index is 14.9. The Morgan fingerprint density at radius 2 is 0.863 bits per heavy atom. The van der Waals surface area contributed by atoms with Gasteiger partial charge in [0.05, 0.1) is 50.1 Å². The number of alkyl halides is 6.